The van der Waals surface area contributed by atoms with Crippen molar-refractivity contribution in [3.63, 3.8) is 0 Å². The Hall–Kier alpha value is -2.71. The molecule has 9 nitrogen and oxygen atoms in total. The number of carboxylic acids is 1. The first-order valence-electron chi connectivity index (χ1n) is 5.96. The molecule has 0 aliphatic carbocycles. The van der Waals surface area contributed by atoms with Gasteiger partial charge in [-0.25, -0.2) is 0 Å². The first-order chi connectivity index (χ1) is 9.54. The number of carboxylic acid groups (broad SMARTS) is 1. The standard InChI is InChI=1S/C12H15N3O6/c1-12(2,3)13(7-11(16)17)9-5-4-8(14(18)19)6-10(9)15(20)21/h4-6H,7H2,1-3H3,(H,16,17). The van der Waals surface area contributed by atoms with Gasteiger partial charge in [-0.05, 0) is 26.8 Å². The number of hydrogen-bond donors (Lipinski definition) is 1. The molecular weight excluding hydrogens is 282 g/mol. The van der Waals surface area contributed by atoms with Crippen molar-refractivity contribution in [2.75, 3.05) is 11.4 Å². The Bertz CT molecular complexity index is 593. The van der Waals surface area contributed by atoms with Gasteiger partial charge in [0.1, 0.15) is 12.2 Å². The molecule has 0 fully saturated rings. The minimum atomic E-state index is -1.16. The summed E-state index contributed by atoms with van der Waals surface area (Å²) in [4.78, 5) is 32.6. The van der Waals surface area contributed by atoms with E-state index in [1.165, 1.54) is 11.0 Å². The molecular formula is C12H15N3O6. The molecule has 0 aliphatic heterocycles. The number of carbonyl (C=O) groups is 1. The van der Waals surface area contributed by atoms with Gasteiger partial charge < -0.3 is 10.0 Å². The van der Waals surface area contributed by atoms with Gasteiger partial charge in [-0.3, -0.25) is 25.0 Å². The highest BCUT2D eigenvalue weighted by Crippen LogP contribution is 2.35. The molecule has 1 aromatic carbocycles. The van der Waals surface area contributed by atoms with Crippen molar-refractivity contribution in [3.8, 4) is 0 Å². The predicted octanol–water partition coefficient (Wildman–Crippen LogP) is 2.19. The lowest BCUT2D eigenvalue weighted by molar-refractivity contribution is -0.393. The third kappa shape index (κ3) is 3.88. The lowest BCUT2D eigenvalue weighted by Crippen LogP contribution is -2.45. The molecule has 0 spiro atoms. The predicted molar refractivity (Wildman–Crippen MR) is 74.5 cm³/mol. The molecule has 1 aromatic rings. The van der Waals surface area contributed by atoms with Crippen molar-refractivity contribution >= 4 is 23.0 Å². The Kier molecular flexibility index (Phi) is 4.46. The van der Waals surface area contributed by atoms with Crippen LogP contribution in [0.5, 0.6) is 0 Å². The molecule has 0 radical (unpaired) electrons. The first kappa shape index (κ1) is 16.3. The second-order valence-electron chi connectivity index (χ2n) is 5.34. The van der Waals surface area contributed by atoms with Crippen LogP contribution in [0.2, 0.25) is 0 Å². The van der Waals surface area contributed by atoms with E-state index in [2.05, 4.69) is 0 Å². The van der Waals surface area contributed by atoms with E-state index in [9.17, 15) is 25.0 Å². The summed E-state index contributed by atoms with van der Waals surface area (Å²) in [7, 11) is 0. The minimum absolute atomic E-state index is 0.0282. The van der Waals surface area contributed by atoms with Crippen LogP contribution in [0.4, 0.5) is 17.1 Å². The average molecular weight is 297 g/mol. The van der Waals surface area contributed by atoms with Gasteiger partial charge in [0.25, 0.3) is 11.4 Å². The van der Waals surface area contributed by atoms with Crippen LogP contribution in [-0.4, -0.2) is 33.0 Å². The molecule has 0 aromatic heterocycles. The summed E-state index contributed by atoms with van der Waals surface area (Å²) in [5.74, 6) is -1.16. The molecule has 0 amide bonds. The Morgan fingerprint density at radius 2 is 1.81 bits per heavy atom. The lowest BCUT2D eigenvalue weighted by Gasteiger charge is -2.35. The zero-order valence-electron chi connectivity index (χ0n) is 11.8. The molecule has 1 N–H and O–H groups in total. The monoisotopic (exact) mass is 297 g/mol. The molecule has 0 bridgehead atoms. The van der Waals surface area contributed by atoms with Crippen LogP contribution >= 0.6 is 0 Å². The molecule has 114 valence electrons. The maximum Gasteiger partial charge on any atom is 0.323 e. The molecule has 0 heterocycles. The van der Waals surface area contributed by atoms with Gasteiger partial charge in [0, 0.05) is 11.6 Å². The third-order valence-corrected chi connectivity index (χ3v) is 2.76. The maximum atomic E-state index is 11.1. The maximum absolute atomic E-state index is 11.1. The van der Waals surface area contributed by atoms with E-state index >= 15 is 0 Å². The van der Waals surface area contributed by atoms with Gasteiger partial charge in [0.2, 0.25) is 0 Å². The molecule has 9 heteroatoms. The molecule has 0 saturated carbocycles. The van der Waals surface area contributed by atoms with Crippen LogP contribution in [0.3, 0.4) is 0 Å². The quantitative estimate of drug-likeness (QED) is 0.651. The largest absolute Gasteiger partial charge is 0.480 e. The Morgan fingerprint density at radius 3 is 2.19 bits per heavy atom. The van der Waals surface area contributed by atoms with Crippen LogP contribution < -0.4 is 4.90 Å². The van der Waals surface area contributed by atoms with Gasteiger partial charge in [0.05, 0.1) is 15.9 Å². The van der Waals surface area contributed by atoms with E-state index < -0.39 is 39.3 Å². The van der Waals surface area contributed by atoms with Crippen LogP contribution in [0.1, 0.15) is 20.8 Å². The van der Waals surface area contributed by atoms with E-state index in [0.717, 1.165) is 12.1 Å². The smallest absolute Gasteiger partial charge is 0.323 e. The fourth-order valence-corrected chi connectivity index (χ4v) is 1.82. The number of non-ortho nitro benzene ring substituents is 1. The molecule has 1 rings (SSSR count). The summed E-state index contributed by atoms with van der Waals surface area (Å²) >= 11 is 0. The van der Waals surface area contributed by atoms with Crippen LogP contribution in [0.15, 0.2) is 18.2 Å². The minimum Gasteiger partial charge on any atom is -0.480 e. The number of nitro groups is 2. The van der Waals surface area contributed by atoms with Crippen molar-refractivity contribution in [1.82, 2.24) is 0 Å². The molecule has 21 heavy (non-hydrogen) atoms. The van der Waals surface area contributed by atoms with Crippen LogP contribution in [0.25, 0.3) is 0 Å². The third-order valence-electron chi connectivity index (χ3n) is 2.76. The van der Waals surface area contributed by atoms with E-state index in [1.807, 2.05) is 0 Å². The highest BCUT2D eigenvalue weighted by Gasteiger charge is 2.31. The van der Waals surface area contributed by atoms with Gasteiger partial charge in [0.15, 0.2) is 0 Å². The van der Waals surface area contributed by atoms with Crippen molar-refractivity contribution in [1.29, 1.82) is 0 Å². The summed E-state index contributed by atoms with van der Waals surface area (Å²) in [6, 6.07) is 3.14. The fraction of sp³-hybridized carbons (Fsp3) is 0.417. The zero-order chi connectivity index (χ0) is 16.4. The average Bonchev–Trinajstić information content (AvgIpc) is 2.33. The van der Waals surface area contributed by atoms with E-state index in [1.54, 1.807) is 20.8 Å². The Balaban J connectivity index is 3.47. The summed E-state index contributed by atoms with van der Waals surface area (Å²) < 4.78 is 0. The first-order valence-corrected chi connectivity index (χ1v) is 5.96. The highest BCUT2D eigenvalue weighted by molar-refractivity contribution is 5.77. The summed E-state index contributed by atoms with van der Waals surface area (Å²) in [5.41, 5.74) is -1.60. The molecule has 0 aliphatic rings. The highest BCUT2D eigenvalue weighted by atomic mass is 16.6. The van der Waals surface area contributed by atoms with E-state index in [0.29, 0.717) is 0 Å². The Morgan fingerprint density at radius 1 is 1.24 bits per heavy atom. The second-order valence-corrected chi connectivity index (χ2v) is 5.34. The van der Waals surface area contributed by atoms with Crippen LogP contribution in [-0.2, 0) is 4.79 Å². The van der Waals surface area contributed by atoms with Crippen LogP contribution in [0, 0.1) is 20.2 Å². The number of hydrogen-bond acceptors (Lipinski definition) is 6. The van der Waals surface area contributed by atoms with E-state index in [4.69, 9.17) is 5.11 Å². The van der Waals surface area contributed by atoms with Gasteiger partial charge in [-0.15, -0.1) is 0 Å². The molecule has 0 unspecified atom stereocenters. The number of benzene rings is 1. The van der Waals surface area contributed by atoms with Crippen molar-refractivity contribution < 1.29 is 19.7 Å². The summed E-state index contributed by atoms with van der Waals surface area (Å²) in [6.45, 7) is 4.63. The number of anilines is 1. The van der Waals surface area contributed by atoms with Crippen molar-refractivity contribution in [2.24, 2.45) is 0 Å². The number of rotatable bonds is 5. The number of nitro benzene ring substituents is 2. The SMILES string of the molecule is CC(C)(C)N(CC(=O)O)c1ccc([N+](=O)[O-])cc1[N+](=O)[O-]. The van der Waals surface area contributed by atoms with Gasteiger partial charge in [-0.1, -0.05) is 0 Å². The number of nitrogens with zero attached hydrogens (tertiary/aromatic N) is 3. The normalized spacial score (nSPS) is 11.0. The molecule has 0 saturated heterocycles. The molecule has 0 atom stereocenters. The second kappa shape index (κ2) is 5.73. The number of aliphatic carboxylic acids is 1. The zero-order valence-corrected chi connectivity index (χ0v) is 11.8. The topological polar surface area (TPSA) is 127 Å². The van der Waals surface area contributed by atoms with Crippen molar-refractivity contribution in [3.05, 3.63) is 38.4 Å². The van der Waals surface area contributed by atoms with Gasteiger partial charge >= 0.3 is 5.97 Å². The van der Waals surface area contributed by atoms with E-state index in [-0.39, 0.29) is 5.69 Å². The fourth-order valence-electron chi connectivity index (χ4n) is 1.82. The van der Waals surface area contributed by atoms with Crippen molar-refractivity contribution in [2.45, 2.75) is 26.3 Å². The lowest BCUT2D eigenvalue weighted by atomic mass is 10.0. The summed E-state index contributed by atoms with van der Waals surface area (Å²) in [5, 5.41) is 30.8. The summed E-state index contributed by atoms with van der Waals surface area (Å²) in [6.07, 6.45) is 0. The Labute approximate surface area is 120 Å². The van der Waals surface area contributed by atoms with Gasteiger partial charge in [-0.2, -0.15) is 0 Å².